The molecule has 0 radical (unpaired) electrons. The number of hydrogen-bond donors (Lipinski definition) is 2. The molecule has 3 rings (SSSR count). The van der Waals surface area contributed by atoms with Gasteiger partial charge in [0.1, 0.15) is 5.82 Å². The molecule has 0 bridgehead atoms. The number of nitrogens with zero attached hydrogens (tertiary/aromatic N) is 2. The van der Waals surface area contributed by atoms with E-state index in [0.29, 0.717) is 38.2 Å². The molecule has 1 aromatic heterocycles. The Balaban J connectivity index is 1.58. The van der Waals surface area contributed by atoms with Crippen molar-refractivity contribution in [3.63, 3.8) is 0 Å². The molecule has 2 amide bonds. The summed E-state index contributed by atoms with van der Waals surface area (Å²) in [6, 6.07) is 11.3. The van der Waals surface area contributed by atoms with Crippen molar-refractivity contribution in [1.29, 1.82) is 0 Å². The number of carbonyl (C=O) groups is 2. The van der Waals surface area contributed by atoms with Crippen molar-refractivity contribution in [2.45, 2.75) is 6.42 Å². The van der Waals surface area contributed by atoms with Crippen molar-refractivity contribution < 1.29 is 14.3 Å². The molecular weight excluding hydrogens is 356 g/mol. The van der Waals surface area contributed by atoms with Crippen molar-refractivity contribution in [1.82, 2.24) is 15.2 Å². The smallest absolute Gasteiger partial charge is 0.251 e. The third-order valence-electron chi connectivity index (χ3n) is 4.89. The van der Waals surface area contributed by atoms with Crippen LogP contribution < -0.4 is 10.6 Å². The number of anilines is 1. The standard InChI is InChI=1S/C21H26N4O3/c1-22-19-7-6-18(13-23-19)16-4-3-5-17(11-16)21(27)24-12-15-10-20(26)25(14-15)8-9-28-2/h3-7,11,13,15H,8-10,12,14H2,1-2H3,(H,22,23)(H,24,27). The molecule has 2 N–H and O–H groups in total. The van der Waals surface area contributed by atoms with Gasteiger partial charge in [-0.25, -0.2) is 4.98 Å². The van der Waals surface area contributed by atoms with Gasteiger partial charge < -0.3 is 20.3 Å². The Morgan fingerprint density at radius 3 is 2.86 bits per heavy atom. The van der Waals surface area contributed by atoms with E-state index in [1.54, 1.807) is 24.3 Å². The topological polar surface area (TPSA) is 83.6 Å². The van der Waals surface area contributed by atoms with Gasteiger partial charge in [0.25, 0.3) is 5.91 Å². The maximum atomic E-state index is 12.6. The Bertz CT molecular complexity index is 823. The molecule has 1 aromatic carbocycles. The van der Waals surface area contributed by atoms with E-state index in [-0.39, 0.29) is 17.7 Å². The van der Waals surface area contributed by atoms with E-state index in [1.165, 1.54) is 0 Å². The number of pyridine rings is 1. The van der Waals surface area contributed by atoms with E-state index < -0.39 is 0 Å². The first-order chi connectivity index (χ1) is 13.6. The van der Waals surface area contributed by atoms with E-state index in [0.717, 1.165) is 16.9 Å². The summed E-state index contributed by atoms with van der Waals surface area (Å²) in [5.74, 6) is 0.915. The zero-order valence-corrected chi connectivity index (χ0v) is 16.3. The van der Waals surface area contributed by atoms with Crippen molar-refractivity contribution in [2.75, 3.05) is 45.7 Å². The van der Waals surface area contributed by atoms with Crippen LogP contribution in [0.5, 0.6) is 0 Å². The Morgan fingerprint density at radius 2 is 2.14 bits per heavy atom. The van der Waals surface area contributed by atoms with Gasteiger partial charge in [-0.1, -0.05) is 12.1 Å². The predicted octanol–water partition coefficient (Wildman–Crippen LogP) is 2.01. The lowest BCUT2D eigenvalue weighted by molar-refractivity contribution is -0.128. The first-order valence-corrected chi connectivity index (χ1v) is 9.40. The molecule has 28 heavy (non-hydrogen) atoms. The minimum atomic E-state index is -0.135. The highest BCUT2D eigenvalue weighted by molar-refractivity contribution is 5.95. The van der Waals surface area contributed by atoms with Crippen LogP contribution in [0.2, 0.25) is 0 Å². The number of amides is 2. The number of nitrogens with one attached hydrogen (secondary N) is 2. The van der Waals surface area contributed by atoms with Gasteiger partial charge in [0, 0.05) is 63.5 Å². The average Bonchev–Trinajstić information content (AvgIpc) is 3.10. The summed E-state index contributed by atoms with van der Waals surface area (Å²) in [6.45, 7) is 2.27. The van der Waals surface area contributed by atoms with Gasteiger partial charge in [-0.05, 0) is 29.8 Å². The summed E-state index contributed by atoms with van der Waals surface area (Å²) in [5.41, 5.74) is 2.48. The van der Waals surface area contributed by atoms with Crippen LogP contribution in [0.3, 0.4) is 0 Å². The zero-order chi connectivity index (χ0) is 19.9. The first kappa shape index (κ1) is 19.8. The minimum Gasteiger partial charge on any atom is -0.383 e. The number of carbonyl (C=O) groups excluding carboxylic acids is 2. The van der Waals surface area contributed by atoms with Crippen LogP contribution in [0.1, 0.15) is 16.8 Å². The van der Waals surface area contributed by atoms with Crippen LogP contribution in [0.15, 0.2) is 42.6 Å². The van der Waals surface area contributed by atoms with E-state index in [9.17, 15) is 9.59 Å². The third kappa shape index (κ3) is 4.86. The summed E-state index contributed by atoms with van der Waals surface area (Å²) >= 11 is 0. The molecule has 1 atom stereocenters. The molecule has 7 heteroatoms. The van der Waals surface area contributed by atoms with Crippen LogP contribution >= 0.6 is 0 Å². The van der Waals surface area contributed by atoms with E-state index >= 15 is 0 Å². The molecule has 2 heterocycles. The predicted molar refractivity (Wildman–Crippen MR) is 108 cm³/mol. The Kier molecular flexibility index (Phi) is 6.60. The number of aromatic nitrogens is 1. The van der Waals surface area contributed by atoms with Gasteiger partial charge in [-0.15, -0.1) is 0 Å². The van der Waals surface area contributed by atoms with Crippen molar-refractivity contribution >= 4 is 17.6 Å². The first-order valence-electron chi connectivity index (χ1n) is 9.40. The van der Waals surface area contributed by atoms with Crippen LogP contribution in [-0.2, 0) is 9.53 Å². The Morgan fingerprint density at radius 1 is 1.29 bits per heavy atom. The Hall–Kier alpha value is -2.93. The van der Waals surface area contributed by atoms with Crippen molar-refractivity contribution in [2.24, 2.45) is 5.92 Å². The summed E-state index contributed by atoms with van der Waals surface area (Å²) in [4.78, 5) is 30.7. The highest BCUT2D eigenvalue weighted by Crippen LogP contribution is 2.21. The second-order valence-electron chi connectivity index (χ2n) is 6.88. The lowest BCUT2D eigenvalue weighted by Crippen LogP contribution is -2.32. The molecule has 1 unspecified atom stereocenters. The quantitative estimate of drug-likeness (QED) is 0.730. The molecule has 0 spiro atoms. The number of rotatable bonds is 8. The van der Waals surface area contributed by atoms with Crippen molar-refractivity contribution in [3.05, 3.63) is 48.2 Å². The number of benzene rings is 1. The maximum Gasteiger partial charge on any atom is 0.251 e. The van der Waals surface area contributed by atoms with Gasteiger partial charge in [-0.2, -0.15) is 0 Å². The average molecular weight is 382 g/mol. The van der Waals surface area contributed by atoms with E-state index in [2.05, 4.69) is 15.6 Å². The summed E-state index contributed by atoms with van der Waals surface area (Å²) in [5, 5.41) is 5.95. The second-order valence-corrected chi connectivity index (χ2v) is 6.88. The largest absolute Gasteiger partial charge is 0.383 e. The third-order valence-corrected chi connectivity index (χ3v) is 4.89. The molecule has 0 aliphatic carbocycles. The molecule has 1 saturated heterocycles. The highest BCUT2D eigenvalue weighted by Gasteiger charge is 2.29. The van der Waals surface area contributed by atoms with Gasteiger partial charge in [0.15, 0.2) is 0 Å². The second kappa shape index (κ2) is 9.32. The van der Waals surface area contributed by atoms with Gasteiger partial charge in [0.2, 0.25) is 5.91 Å². The lowest BCUT2D eigenvalue weighted by Gasteiger charge is -2.16. The SMILES string of the molecule is CNc1ccc(-c2cccc(C(=O)NCC3CC(=O)N(CCOC)C3)c2)cn1. The van der Waals surface area contributed by atoms with Crippen molar-refractivity contribution in [3.8, 4) is 11.1 Å². The normalized spacial score (nSPS) is 16.3. The summed E-state index contributed by atoms with van der Waals surface area (Å²) in [7, 11) is 3.44. The Labute approximate surface area is 165 Å². The van der Waals surface area contributed by atoms with E-state index in [1.807, 2.05) is 37.4 Å². The number of hydrogen-bond acceptors (Lipinski definition) is 5. The summed E-state index contributed by atoms with van der Waals surface area (Å²) in [6.07, 6.45) is 2.25. The minimum absolute atomic E-state index is 0.121. The molecule has 1 fully saturated rings. The van der Waals surface area contributed by atoms with Crippen LogP contribution in [0.25, 0.3) is 11.1 Å². The van der Waals surface area contributed by atoms with Crippen LogP contribution in [0, 0.1) is 5.92 Å². The fourth-order valence-electron chi connectivity index (χ4n) is 3.30. The molecule has 148 valence electrons. The molecule has 7 nitrogen and oxygen atoms in total. The highest BCUT2D eigenvalue weighted by atomic mass is 16.5. The van der Waals surface area contributed by atoms with Gasteiger partial charge in [-0.3, -0.25) is 9.59 Å². The van der Waals surface area contributed by atoms with Crippen LogP contribution in [0.4, 0.5) is 5.82 Å². The zero-order valence-electron chi connectivity index (χ0n) is 16.3. The number of likely N-dealkylation sites (tertiary alicyclic amines) is 1. The molecule has 1 aliphatic heterocycles. The number of ether oxygens (including phenoxy) is 1. The fourth-order valence-corrected chi connectivity index (χ4v) is 3.30. The monoisotopic (exact) mass is 382 g/mol. The molecule has 0 saturated carbocycles. The fraction of sp³-hybridized carbons (Fsp3) is 0.381. The summed E-state index contributed by atoms with van der Waals surface area (Å²) < 4.78 is 5.03. The molecule has 2 aromatic rings. The van der Waals surface area contributed by atoms with E-state index in [4.69, 9.17) is 4.74 Å². The van der Waals surface area contributed by atoms with Gasteiger partial charge in [0.05, 0.1) is 6.61 Å². The van der Waals surface area contributed by atoms with Crippen LogP contribution in [-0.4, -0.2) is 62.1 Å². The molecular formula is C21H26N4O3. The maximum absolute atomic E-state index is 12.6. The van der Waals surface area contributed by atoms with Gasteiger partial charge >= 0.3 is 0 Å². The lowest BCUT2D eigenvalue weighted by atomic mass is 10.0. The number of methoxy groups -OCH3 is 1. The molecule has 1 aliphatic rings.